The summed E-state index contributed by atoms with van der Waals surface area (Å²) in [6.07, 6.45) is 0. The number of rotatable bonds is 3. The first kappa shape index (κ1) is 12.3. The summed E-state index contributed by atoms with van der Waals surface area (Å²) in [5.41, 5.74) is 1.92. The van der Waals surface area contributed by atoms with Crippen LogP contribution in [0.4, 0.5) is 11.4 Å². The highest BCUT2D eigenvalue weighted by Crippen LogP contribution is 2.37. The van der Waals surface area contributed by atoms with Gasteiger partial charge in [0.1, 0.15) is 6.73 Å². The molecule has 1 unspecified atom stereocenters. The first-order valence-electron chi connectivity index (χ1n) is 5.43. The first-order chi connectivity index (χ1) is 8.11. The molecular weight excluding hydrogens is 236 g/mol. The lowest BCUT2D eigenvalue weighted by Crippen LogP contribution is -2.27. The minimum Gasteiger partial charge on any atom is -0.364 e. The third-order valence-corrected chi connectivity index (χ3v) is 3.84. The zero-order valence-corrected chi connectivity index (χ0v) is 11.0. The van der Waals surface area contributed by atoms with Gasteiger partial charge in [-0.15, -0.1) is 11.8 Å². The van der Waals surface area contributed by atoms with Crippen LogP contribution in [0, 0.1) is 0 Å². The minimum absolute atomic E-state index is 0.0231. The molecule has 1 aliphatic heterocycles. The Morgan fingerprint density at radius 1 is 1.53 bits per heavy atom. The Labute approximate surface area is 105 Å². The molecule has 0 fully saturated rings. The third-order valence-electron chi connectivity index (χ3n) is 2.66. The molecule has 5 heteroatoms. The van der Waals surface area contributed by atoms with Crippen molar-refractivity contribution in [3.63, 3.8) is 0 Å². The molecule has 1 N–H and O–H groups in total. The number of methoxy groups -OCH3 is 1. The largest absolute Gasteiger partial charge is 0.364 e. The van der Waals surface area contributed by atoms with Gasteiger partial charge in [0.2, 0.25) is 5.91 Å². The van der Waals surface area contributed by atoms with Gasteiger partial charge in [-0.1, -0.05) is 0 Å². The topological polar surface area (TPSA) is 41.6 Å². The van der Waals surface area contributed by atoms with Crippen LogP contribution in [0.3, 0.4) is 0 Å². The molecule has 0 radical (unpaired) electrons. The van der Waals surface area contributed by atoms with Crippen LogP contribution >= 0.6 is 11.8 Å². The molecule has 4 nitrogen and oxygen atoms in total. The average Bonchev–Trinajstić information content (AvgIpc) is 2.30. The molecule has 1 atom stereocenters. The number of ether oxygens (including phenoxy) is 1. The van der Waals surface area contributed by atoms with E-state index < -0.39 is 0 Å². The standard InChI is InChI=1S/C12H16N2O2S/c1-8-12(15)13-10-6-9(14(2)7-16-3)4-5-11(10)17-8/h4-6,8H,7H2,1-3H3,(H,13,15). The van der Waals surface area contributed by atoms with Gasteiger partial charge in [0.05, 0.1) is 10.9 Å². The predicted molar refractivity (Wildman–Crippen MR) is 70.7 cm³/mol. The van der Waals surface area contributed by atoms with Gasteiger partial charge < -0.3 is 15.0 Å². The van der Waals surface area contributed by atoms with Crippen molar-refractivity contribution in [1.82, 2.24) is 0 Å². The van der Waals surface area contributed by atoms with E-state index in [-0.39, 0.29) is 11.2 Å². The number of thioether (sulfide) groups is 1. The second kappa shape index (κ2) is 4.98. The summed E-state index contributed by atoms with van der Waals surface area (Å²) in [6, 6.07) is 6.05. The smallest absolute Gasteiger partial charge is 0.237 e. The van der Waals surface area contributed by atoms with E-state index >= 15 is 0 Å². The van der Waals surface area contributed by atoms with Gasteiger partial charge in [0.15, 0.2) is 0 Å². The highest BCUT2D eigenvalue weighted by atomic mass is 32.2. The average molecular weight is 252 g/mol. The molecule has 0 saturated heterocycles. The lowest BCUT2D eigenvalue weighted by atomic mass is 10.2. The summed E-state index contributed by atoms with van der Waals surface area (Å²) in [5, 5.41) is 2.90. The van der Waals surface area contributed by atoms with Gasteiger partial charge >= 0.3 is 0 Å². The predicted octanol–water partition coefficient (Wildman–Crippen LogP) is 2.16. The van der Waals surface area contributed by atoms with Crippen LogP contribution in [0.25, 0.3) is 0 Å². The van der Waals surface area contributed by atoms with Gasteiger partial charge in [0.25, 0.3) is 0 Å². The molecule has 17 heavy (non-hydrogen) atoms. The minimum atomic E-state index is -0.0231. The first-order valence-corrected chi connectivity index (χ1v) is 6.31. The van der Waals surface area contributed by atoms with Crippen LogP contribution in [-0.4, -0.2) is 32.0 Å². The molecule has 1 aromatic carbocycles. The fourth-order valence-electron chi connectivity index (χ4n) is 1.70. The van der Waals surface area contributed by atoms with E-state index in [2.05, 4.69) is 5.32 Å². The van der Waals surface area contributed by atoms with Gasteiger partial charge in [-0.25, -0.2) is 0 Å². The van der Waals surface area contributed by atoms with Crippen molar-refractivity contribution >= 4 is 29.0 Å². The van der Waals surface area contributed by atoms with Gasteiger partial charge in [-0.3, -0.25) is 4.79 Å². The lowest BCUT2D eigenvalue weighted by molar-refractivity contribution is -0.115. The highest BCUT2D eigenvalue weighted by molar-refractivity contribution is 8.00. The maximum Gasteiger partial charge on any atom is 0.237 e. The van der Waals surface area contributed by atoms with Crippen LogP contribution < -0.4 is 10.2 Å². The molecule has 2 rings (SSSR count). The van der Waals surface area contributed by atoms with Crippen molar-refractivity contribution in [1.29, 1.82) is 0 Å². The Morgan fingerprint density at radius 3 is 3.00 bits per heavy atom. The summed E-state index contributed by atoms with van der Waals surface area (Å²) in [6.45, 7) is 2.43. The Balaban J connectivity index is 2.25. The summed E-state index contributed by atoms with van der Waals surface area (Å²) in [4.78, 5) is 14.7. The van der Waals surface area contributed by atoms with Gasteiger partial charge in [0, 0.05) is 24.7 Å². The van der Waals surface area contributed by atoms with E-state index in [0.29, 0.717) is 6.73 Å². The number of anilines is 2. The number of benzene rings is 1. The molecule has 0 aliphatic carbocycles. The number of hydrogen-bond acceptors (Lipinski definition) is 4. The quantitative estimate of drug-likeness (QED) is 0.837. The van der Waals surface area contributed by atoms with Crippen molar-refractivity contribution in [3.05, 3.63) is 18.2 Å². The number of nitrogens with zero attached hydrogens (tertiary/aromatic N) is 1. The third kappa shape index (κ3) is 2.56. The molecule has 0 aromatic heterocycles. The zero-order valence-electron chi connectivity index (χ0n) is 10.2. The molecule has 0 saturated carbocycles. The van der Waals surface area contributed by atoms with E-state index in [1.54, 1.807) is 18.9 Å². The van der Waals surface area contributed by atoms with Gasteiger partial charge in [-0.05, 0) is 25.1 Å². The Bertz CT molecular complexity index is 437. The molecule has 92 valence electrons. The number of fused-ring (bicyclic) bond motifs is 1. The van der Waals surface area contributed by atoms with E-state index in [4.69, 9.17) is 4.74 Å². The highest BCUT2D eigenvalue weighted by Gasteiger charge is 2.23. The van der Waals surface area contributed by atoms with E-state index in [1.807, 2.05) is 37.1 Å². The SMILES string of the molecule is COCN(C)c1ccc2c(c1)NC(=O)C(C)S2. The normalized spacial score (nSPS) is 18.5. The number of hydrogen-bond donors (Lipinski definition) is 1. The van der Waals surface area contributed by atoms with Crippen LogP contribution in [0.1, 0.15) is 6.92 Å². The van der Waals surface area contributed by atoms with E-state index in [0.717, 1.165) is 16.3 Å². The lowest BCUT2D eigenvalue weighted by Gasteiger charge is -2.24. The maximum atomic E-state index is 11.6. The van der Waals surface area contributed by atoms with Crippen LogP contribution in [0.2, 0.25) is 0 Å². The molecule has 0 bridgehead atoms. The second-order valence-corrected chi connectivity index (χ2v) is 5.43. The summed E-state index contributed by atoms with van der Waals surface area (Å²) >= 11 is 1.59. The second-order valence-electron chi connectivity index (χ2n) is 4.05. The molecule has 0 spiro atoms. The number of carbonyl (C=O) groups is 1. The van der Waals surface area contributed by atoms with Crippen LogP contribution in [-0.2, 0) is 9.53 Å². The van der Waals surface area contributed by atoms with Crippen molar-refractivity contribution < 1.29 is 9.53 Å². The zero-order chi connectivity index (χ0) is 12.4. The fraction of sp³-hybridized carbons (Fsp3) is 0.417. The Kier molecular flexibility index (Phi) is 3.59. The fourth-order valence-corrected chi connectivity index (χ4v) is 2.63. The molecular formula is C12H16N2O2S. The molecule has 1 aliphatic rings. The van der Waals surface area contributed by atoms with E-state index in [9.17, 15) is 4.79 Å². The van der Waals surface area contributed by atoms with Crippen LogP contribution in [0.15, 0.2) is 23.1 Å². The molecule has 1 amide bonds. The number of amides is 1. The van der Waals surface area contributed by atoms with Crippen molar-refractivity contribution in [2.45, 2.75) is 17.1 Å². The summed E-state index contributed by atoms with van der Waals surface area (Å²) in [7, 11) is 3.61. The van der Waals surface area contributed by atoms with E-state index in [1.165, 1.54) is 0 Å². The molecule has 1 heterocycles. The summed E-state index contributed by atoms with van der Waals surface area (Å²) < 4.78 is 5.07. The Hall–Kier alpha value is -1.20. The maximum absolute atomic E-state index is 11.6. The summed E-state index contributed by atoms with van der Waals surface area (Å²) in [5.74, 6) is 0.0639. The molecule has 1 aromatic rings. The monoisotopic (exact) mass is 252 g/mol. The van der Waals surface area contributed by atoms with Crippen molar-refractivity contribution in [3.8, 4) is 0 Å². The van der Waals surface area contributed by atoms with Crippen molar-refractivity contribution in [2.24, 2.45) is 0 Å². The van der Waals surface area contributed by atoms with Crippen molar-refractivity contribution in [2.75, 3.05) is 31.1 Å². The number of carbonyl (C=O) groups excluding carboxylic acids is 1. The number of nitrogens with one attached hydrogen (secondary N) is 1. The van der Waals surface area contributed by atoms with Crippen LogP contribution in [0.5, 0.6) is 0 Å². The van der Waals surface area contributed by atoms with Gasteiger partial charge in [-0.2, -0.15) is 0 Å². The Morgan fingerprint density at radius 2 is 2.29 bits per heavy atom.